The maximum atomic E-state index is 13.6. The van der Waals surface area contributed by atoms with Gasteiger partial charge < -0.3 is 20.0 Å². The molecule has 4 aromatic rings. The maximum absolute atomic E-state index is 13.6. The quantitative estimate of drug-likeness (QED) is 0.114. The lowest BCUT2D eigenvalue weighted by Crippen LogP contribution is -2.10. The fourth-order valence-corrected chi connectivity index (χ4v) is 5.58. The number of phenolic OH excluding ortho intramolecular Hbond substituents is 1. The zero-order chi connectivity index (χ0) is 24.9. The van der Waals surface area contributed by atoms with Gasteiger partial charge in [-0.25, -0.2) is 0 Å². The summed E-state index contributed by atoms with van der Waals surface area (Å²) in [6.07, 6.45) is 2.05. The molecule has 8 heteroatoms. The van der Waals surface area contributed by atoms with E-state index in [4.69, 9.17) is 14.9 Å². The highest BCUT2D eigenvalue weighted by atomic mass is 127. The van der Waals surface area contributed by atoms with E-state index >= 15 is 0 Å². The number of hydrogen-bond acceptors (Lipinski definition) is 5. The largest absolute Gasteiger partial charge is 0.506 e. The van der Waals surface area contributed by atoms with Crippen LogP contribution in [0.25, 0.3) is 11.0 Å². The first-order valence-electron chi connectivity index (χ1n) is 11.1. The number of benzene rings is 3. The summed E-state index contributed by atoms with van der Waals surface area (Å²) in [7, 11) is 0. The normalized spacial score (nSPS) is 11.0. The van der Waals surface area contributed by atoms with Gasteiger partial charge in [0.05, 0.1) is 12.7 Å². The molecule has 0 unspecified atom stereocenters. The third-order valence-corrected chi connectivity index (χ3v) is 7.21. The topological polar surface area (TPSA) is 103 Å². The van der Waals surface area contributed by atoms with Gasteiger partial charge in [-0.05, 0) is 87.9 Å². The van der Waals surface area contributed by atoms with Crippen LogP contribution in [0.5, 0.6) is 11.5 Å². The predicted octanol–water partition coefficient (Wildman–Crippen LogP) is 6.36. The molecular formula is C27H23I2NO5. The van der Waals surface area contributed by atoms with E-state index in [0.717, 1.165) is 5.56 Å². The van der Waals surface area contributed by atoms with E-state index in [2.05, 4.69) is 0 Å². The number of aryl methyl sites for hydroxylation is 1. The van der Waals surface area contributed by atoms with Gasteiger partial charge in [-0.15, -0.1) is 0 Å². The molecule has 3 N–H and O–H groups in total. The molecule has 1 aromatic heterocycles. The minimum atomic E-state index is -0.348. The highest BCUT2D eigenvalue weighted by Gasteiger charge is 2.23. The number of rotatable bonds is 10. The zero-order valence-electron chi connectivity index (χ0n) is 18.7. The second-order valence-electron chi connectivity index (χ2n) is 8.12. The number of aromatic hydroxyl groups is 1. The first-order chi connectivity index (χ1) is 16.8. The van der Waals surface area contributed by atoms with Crippen molar-refractivity contribution < 1.29 is 23.8 Å². The Hall–Kier alpha value is -2.60. The molecule has 35 heavy (non-hydrogen) atoms. The number of fused-ring (bicyclic) bond motifs is 1. The van der Waals surface area contributed by atoms with Crippen molar-refractivity contribution >= 4 is 67.8 Å². The SMILES string of the molecule is NC(=O)CCCCc1oc2cc(OCc3ccccc3)ccc2c1C(=O)c1cc(I)c(O)c(I)c1. The number of unbranched alkanes of at least 4 members (excludes halogenated alkanes) is 1. The molecular weight excluding hydrogens is 672 g/mol. The fraction of sp³-hybridized carbons (Fsp3) is 0.185. The lowest BCUT2D eigenvalue weighted by Gasteiger charge is -2.07. The summed E-state index contributed by atoms with van der Waals surface area (Å²) in [6, 6.07) is 18.7. The Balaban J connectivity index is 1.67. The van der Waals surface area contributed by atoms with E-state index in [1.807, 2.05) is 87.6 Å². The van der Waals surface area contributed by atoms with Gasteiger partial charge >= 0.3 is 0 Å². The molecule has 0 radical (unpaired) electrons. The third kappa shape index (κ3) is 6.16. The summed E-state index contributed by atoms with van der Waals surface area (Å²) < 4.78 is 13.3. The van der Waals surface area contributed by atoms with Crippen molar-refractivity contribution in [3.63, 3.8) is 0 Å². The van der Waals surface area contributed by atoms with Crippen LogP contribution in [0.4, 0.5) is 0 Å². The molecule has 0 aliphatic rings. The Morgan fingerprint density at radius 1 is 0.971 bits per heavy atom. The number of ether oxygens (including phenoxy) is 1. The van der Waals surface area contributed by atoms with E-state index in [1.54, 1.807) is 18.2 Å². The number of carbonyl (C=O) groups excluding carboxylic acids is 2. The second-order valence-corrected chi connectivity index (χ2v) is 10.4. The first-order valence-corrected chi connectivity index (χ1v) is 13.2. The molecule has 4 rings (SSSR count). The minimum absolute atomic E-state index is 0.159. The van der Waals surface area contributed by atoms with Gasteiger partial charge in [0.1, 0.15) is 29.4 Å². The molecule has 0 aliphatic heterocycles. The van der Waals surface area contributed by atoms with Crippen molar-refractivity contribution in [2.45, 2.75) is 32.3 Å². The number of furan rings is 1. The summed E-state index contributed by atoms with van der Waals surface area (Å²) in [6.45, 7) is 0.420. The number of hydrogen-bond donors (Lipinski definition) is 2. The van der Waals surface area contributed by atoms with Gasteiger partial charge in [-0.3, -0.25) is 9.59 Å². The standard InChI is InChI=1S/C27H23I2NO5/c28-20-12-17(13-21(29)27(20)33)26(32)25-19-11-10-18(34-15-16-6-2-1-3-7-16)14-23(19)35-22(25)8-4-5-9-24(30)31/h1-3,6-7,10-14,33H,4-5,8-9,15H2,(H2,30,31). The summed E-state index contributed by atoms with van der Waals surface area (Å²) in [5.41, 5.74) is 7.84. The number of carbonyl (C=O) groups is 2. The van der Waals surface area contributed by atoms with Gasteiger partial charge in [0.2, 0.25) is 5.91 Å². The predicted molar refractivity (Wildman–Crippen MR) is 151 cm³/mol. The summed E-state index contributed by atoms with van der Waals surface area (Å²) in [4.78, 5) is 24.8. The van der Waals surface area contributed by atoms with Crippen LogP contribution in [0.3, 0.4) is 0 Å². The van der Waals surface area contributed by atoms with Crippen LogP contribution in [0.2, 0.25) is 0 Å². The van der Waals surface area contributed by atoms with Crippen LogP contribution in [0.1, 0.15) is 46.5 Å². The average molecular weight is 695 g/mol. The van der Waals surface area contributed by atoms with Crippen molar-refractivity contribution in [2.24, 2.45) is 5.73 Å². The van der Waals surface area contributed by atoms with Crippen molar-refractivity contribution in [3.8, 4) is 11.5 Å². The van der Waals surface area contributed by atoms with Gasteiger partial charge in [0.25, 0.3) is 0 Å². The molecule has 0 saturated heterocycles. The Labute approximate surface area is 230 Å². The van der Waals surface area contributed by atoms with Crippen molar-refractivity contribution in [3.05, 3.63) is 90.3 Å². The number of phenols is 1. The van der Waals surface area contributed by atoms with Crippen molar-refractivity contribution in [1.29, 1.82) is 0 Å². The first kappa shape index (κ1) is 25.5. The van der Waals surface area contributed by atoms with Crippen LogP contribution in [-0.4, -0.2) is 16.8 Å². The Kier molecular flexibility index (Phi) is 8.32. The molecule has 0 spiro atoms. The molecule has 1 amide bonds. The number of amides is 1. The van der Waals surface area contributed by atoms with Crippen LogP contribution < -0.4 is 10.5 Å². The van der Waals surface area contributed by atoms with Crippen LogP contribution in [0.15, 0.2) is 65.1 Å². The van der Waals surface area contributed by atoms with Gasteiger partial charge in [-0.2, -0.15) is 0 Å². The monoisotopic (exact) mass is 695 g/mol. The molecule has 6 nitrogen and oxygen atoms in total. The minimum Gasteiger partial charge on any atom is -0.506 e. The van der Waals surface area contributed by atoms with Crippen LogP contribution in [-0.2, 0) is 17.8 Å². The summed E-state index contributed by atoms with van der Waals surface area (Å²) >= 11 is 4.03. The molecule has 0 saturated carbocycles. The van der Waals surface area contributed by atoms with E-state index in [0.29, 0.717) is 66.6 Å². The van der Waals surface area contributed by atoms with Gasteiger partial charge in [-0.1, -0.05) is 30.3 Å². The second kappa shape index (κ2) is 11.4. The Morgan fingerprint density at radius 2 is 1.69 bits per heavy atom. The molecule has 1 heterocycles. The van der Waals surface area contributed by atoms with E-state index in [1.165, 1.54) is 0 Å². The molecule has 3 aromatic carbocycles. The highest BCUT2D eigenvalue weighted by Crippen LogP contribution is 2.34. The highest BCUT2D eigenvalue weighted by molar-refractivity contribution is 14.1. The van der Waals surface area contributed by atoms with E-state index in [9.17, 15) is 14.7 Å². The fourth-order valence-electron chi connectivity index (χ4n) is 3.81. The molecule has 0 aliphatic carbocycles. The Morgan fingerprint density at radius 3 is 2.37 bits per heavy atom. The van der Waals surface area contributed by atoms with E-state index < -0.39 is 0 Å². The third-order valence-electron chi connectivity index (χ3n) is 5.57. The zero-order valence-corrected chi connectivity index (χ0v) is 23.0. The van der Waals surface area contributed by atoms with Crippen LogP contribution >= 0.6 is 45.2 Å². The van der Waals surface area contributed by atoms with Gasteiger partial charge in [0.15, 0.2) is 5.78 Å². The number of primary amides is 1. The number of nitrogens with two attached hydrogens (primary N) is 1. The molecule has 180 valence electrons. The number of halogens is 2. The van der Waals surface area contributed by atoms with Crippen molar-refractivity contribution in [1.82, 2.24) is 0 Å². The Bertz CT molecular complexity index is 1360. The lowest BCUT2D eigenvalue weighted by molar-refractivity contribution is -0.118. The average Bonchev–Trinajstić information content (AvgIpc) is 3.21. The molecule has 0 bridgehead atoms. The lowest BCUT2D eigenvalue weighted by atomic mass is 9.98. The van der Waals surface area contributed by atoms with E-state index in [-0.39, 0.29) is 23.9 Å². The molecule has 0 fully saturated rings. The van der Waals surface area contributed by atoms with Crippen molar-refractivity contribution in [2.75, 3.05) is 0 Å². The summed E-state index contributed by atoms with van der Waals surface area (Å²) in [5.74, 6) is 0.837. The maximum Gasteiger partial charge on any atom is 0.217 e. The van der Waals surface area contributed by atoms with Crippen LogP contribution in [0, 0.1) is 7.14 Å². The van der Waals surface area contributed by atoms with Gasteiger partial charge in [0, 0.05) is 29.9 Å². The smallest absolute Gasteiger partial charge is 0.217 e. The summed E-state index contributed by atoms with van der Waals surface area (Å²) in [5, 5.41) is 10.8. The molecule has 0 atom stereocenters. The number of ketones is 1.